The molecule has 4 rings (SSSR count). The number of halogens is 2. The lowest BCUT2D eigenvalue weighted by Gasteiger charge is -2.20. The van der Waals surface area contributed by atoms with Crippen LogP contribution < -0.4 is 15.5 Å². The molecule has 0 spiro atoms. The maximum absolute atomic E-state index is 14.2. The lowest BCUT2D eigenvalue weighted by atomic mass is 10.1. The van der Waals surface area contributed by atoms with Gasteiger partial charge in [-0.3, -0.25) is 4.79 Å². The third kappa shape index (κ3) is 4.40. The summed E-state index contributed by atoms with van der Waals surface area (Å²) in [6.07, 6.45) is 2.52. The van der Waals surface area contributed by atoms with Crippen molar-refractivity contribution in [2.75, 3.05) is 23.3 Å². The smallest absolute Gasteiger partial charge is 0.217 e. The lowest BCUT2D eigenvalue weighted by Crippen LogP contribution is -2.35. The molecule has 1 aromatic carbocycles. The van der Waals surface area contributed by atoms with E-state index in [0.29, 0.717) is 23.7 Å². The Morgan fingerprint density at radius 1 is 1.29 bits per heavy atom. The van der Waals surface area contributed by atoms with E-state index in [1.807, 2.05) is 6.07 Å². The van der Waals surface area contributed by atoms with Crippen LogP contribution >= 0.6 is 0 Å². The van der Waals surface area contributed by atoms with Gasteiger partial charge in [-0.15, -0.1) is 0 Å². The van der Waals surface area contributed by atoms with E-state index in [2.05, 4.69) is 30.5 Å². The van der Waals surface area contributed by atoms with E-state index in [0.717, 1.165) is 30.2 Å². The molecule has 2 N–H and O–H groups in total. The van der Waals surface area contributed by atoms with Crippen molar-refractivity contribution in [3.8, 4) is 0 Å². The SMILES string of the molecule is CC(=O)N[C@@H]1CCN(c2cc3c(NC(C)c4cccc(F)c4F)nc(C)nc3cn2)C1. The van der Waals surface area contributed by atoms with Crippen LogP contribution in [0.4, 0.5) is 20.4 Å². The Bertz CT molecular complexity index is 1140. The summed E-state index contributed by atoms with van der Waals surface area (Å²) < 4.78 is 27.9. The third-order valence-electron chi connectivity index (χ3n) is 5.40. The Morgan fingerprint density at radius 2 is 2.10 bits per heavy atom. The van der Waals surface area contributed by atoms with Crippen LogP contribution in [0.5, 0.6) is 0 Å². The fourth-order valence-electron chi connectivity index (χ4n) is 3.93. The summed E-state index contributed by atoms with van der Waals surface area (Å²) in [5.41, 5.74) is 0.875. The molecule has 1 amide bonds. The molecule has 162 valence electrons. The predicted molar refractivity (Wildman–Crippen MR) is 115 cm³/mol. The fourth-order valence-corrected chi connectivity index (χ4v) is 3.93. The first kappa shape index (κ1) is 20.9. The Labute approximate surface area is 178 Å². The molecule has 1 aliphatic rings. The second-order valence-electron chi connectivity index (χ2n) is 7.82. The largest absolute Gasteiger partial charge is 0.363 e. The molecule has 2 atom stereocenters. The molecular weight excluding hydrogens is 402 g/mol. The standard InChI is InChI=1S/C22H24F2N6O/c1-12(16-5-4-6-18(23)21(16)24)26-22-17-9-20(25-10-19(17)27-13(2)28-22)30-8-7-15(11-30)29-14(3)31/h4-6,9-10,12,15H,7-8,11H2,1-3H3,(H,29,31)(H,26,27,28)/t12?,15-/m1/s1. The summed E-state index contributed by atoms with van der Waals surface area (Å²) in [6.45, 7) is 6.46. The van der Waals surface area contributed by atoms with Crippen LogP contribution in [0.25, 0.3) is 10.9 Å². The van der Waals surface area contributed by atoms with Gasteiger partial charge in [0.2, 0.25) is 5.91 Å². The van der Waals surface area contributed by atoms with Crippen molar-refractivity contribution in [3.05, 3.63) is 53.5 Å². The van der Waals surface area contributed by atoms with Gasteiger partial charge in [0.15, 0.2) is 11.6 Å². The number of rotatable bonds is 5. The van der Waals surface area contributed by atoms with Crippen molar-refractivity contribution in [2.45, 2.75) is 39.3 Å². The van der Waals surface area contributed by atoms with E-state index in [4.69, 9.17) is 0 Å². The molecule has 9 heteroatoms. The molecule has 1 unspecified atom stereocenters. The van der Waals surface area contributed by atoms with Gasteiger partial charge < -0.3 is 15.5 Å². The zero-order valence-electron chi connectivity index (χ0n) is 17.6. The Balaban J connectivity index is 1.65. The molecule has 31 heavy (non-hydrogen) atoms. The fraction of sp³-hybridized carbons (Fsp3) is 0.364. The lowest BCUT2D eigenvalue weighted by molar-refractivity contribution is -0.119. The highest BCUT2D eigenvalue weighted by molar-refractivity contribution is 5.90. The number of carbonyl (C=O) groups excluding carboxylic acids is 1. The minimum atomic E-state index is -0.885. The number of aromatic nitrogens is 3. The molecule has 1 aliphatic heterocycles. The number of aryl methyl sites for hydroxylation is 1. The van der Waals surface area contributed by atoms with Crippen molar-refractivity contribution in [3.63, 3.8) is 0 Å². The van der Waals surface area contributed by atoms with Gasteiger partial charge in [0.05, 0.1) is 17.8 Å². The van der Waals surface area contributed by atoms with Crippen LogP contribution in [-0.2, 0) is 4.79 Å². The summed E-state index contributed by atoms with van der Waals surface area (Å²) in [7, 11) is 0. The van der Waals surface area contributed by atoms with Gasteiger partial charge in [-0.1, -0.05) is 12.1 Å². The number of hydrogen-bond donors (Lipinski definition) is 2. The van der Waals surface area contributed by atoms with Crippen LogP contribution in [0, 0.1) is 18.6 Å². The number of amides is 1. The third-order valence-corrected chi connectivity index (χ3v) is 5.40. The zero-order valence-corrected chi connectivity index (χ0v) is 17.6. The van der Waals surface area contributed by atoms with Crippen molar-refractivity contribution in [1.29, 1.82) is 0 Å². The van der Waals surface area contributed by atoms with Crippen LogP contribution in [-0.4, -0.2) is 40.0 Å². The summed E-state index contributed by atoms with van der Waals surface area (Å²) in [5, 5.41) is 6.88. The molecule has 0 radical (unpaired) electrons. The average molecular weight is 426 g/mol. The van der Waals surface area contributed by atoms with Crippen molar-refractivity contribution in [2.24, 2.45) is 0 Å². The molecule has 0 aliphatic carbocycles. The Kier molecular flexibility index (Phi) is 5.67. The topological polar surface area (TPSA) is 83.0 Å². The number of nitrogens with one attached hydrogen (secondary N) is 2. The summed E-state index contributed by atoms with van der Waals surface area (Å²) in [5.74, 6) is 0.0149. The van der Waals surface area contributed by atoms with Gasteiger partial charge in [-0.2, -0.15) is 0 Å². The van der Waals surface area contributed by atoms with Crippen LogP contribution in [0.2, 0.25) is 0 Å². The highest BCUT2D eigenvalue weighted by Gasteiger charge is 2.25. The number of hydrogen-bond acceptors (Lipinski definition) is 6. The first-order chi connectivity index (χ1) is 14.8. The van der Waals surface area contributed by atoms with E-state index < -0.39 is 17.7 Å². The van der Waals surface area contributed by atoms with Gasteiger partial charge in [0.25, 0.3) is 0 Å². The molecule has 0 saturated carbocycles. The summed E-state index contributed by atoms with van der Waals surface area (Å²) >= 11 is 0. The van der Waals surface area contributed by atoms with E-state index in [9.17, 15) is 13.6 Å². The maximum atomic E-state index is 14.2. The van der Waals surface area contributed by atoms with Gasteiger partial charge in [-0.25, -0.2) is 23.7 Å². The normalized spacial score (nSPS) is 17.1. The van der Waals surface area contributed by atoms with Crippen molar-refractivity contribution in [1.82, 2.24) is 20.3 Å². The number of pyridine rings is 1. The number of fused-ring (bicyclic) bond motifs is 1. The first-order valence-corrected chi connectivity index (χ1v) is 10.2. The van der Waals surface area contributed by atoms with Gasteiger partial charge in [-0.05, 0) is 32.4 Å². The number of nitrogens with zero attached hydrogens (tertiary/aromatic N) is 4. The Morgan fingerprint density at radius 3 is 2.87 bits per heavy atom. The van der Waals surface area contributed by atoms with E-state index in [1.165, 1.54) is 13.0 Å². The molecule has 1 fully saturated rings. The van der Waals surface area contributed by atoms with Gasteiger partial charge in [0, 0.05) is 37.0 Å². The monoisotopic (exact) mass is 426 g/mol. The molecule has 1 saturated heterocycles. The number of anilines is 2. The first-order valence-electron chi connectivity index (χ1n) is 10.2. The molecular formula is C22H24F2N6O. The van der Waals surface area contributed by atoms with Crippen molar-refractivity contribution >= 4 is 28.4 Å². The van der Waals surface area contributed by atoms with Gasteiger partial charge >= 0.3 is 0 Å². The van der Waals surface area contributed by atoms with Crippen LogP contribution in [0.15, 0.2) is 30.5 Å². The maximum Gasteiger partial charge on any atom is 0.217 e. The Hall–Kier alpha value is -3.36. The summed E-state index contributed by atoms with van der Waals surface area (Å²) in [6, 6.07) is 5.58. The molecule has 2 aromatic heterocycles. The predicted octanol–water partition coefficient (Wildman–Crippen LogP) is 3.50. The zero-order chi connectivity index (χ0) is 22.1. The van der Waals surface area contributed by atoms with Crippen LogP contribution in [0.1, 0.15) is 37.7 Å². The highest BCUT2D eigenvalue weighted by Crippen LogP contribution is 2.29. The quantitative estimate of drug-likeness (QED) is 0.650. The van der Waals surface area contributed by atoms with Crippen molar-refractivity contribution < 1.29 is 13.6 Å². The van der Waals surface area contributed by atoms with Crippen LogP contribution in [0.3, 0.4) is 0 Å². The molecule has 7 nitrogen and oxygen atoms in total. The second-order valence-corrected chi connectivity index (χ2v) is 7.82. The second kappa shape index (κ2) is 8.41. The summed E-state index contributed by atoms with van der Waals surface area (Å²) in [4.78, 5) is 26.9. The van der Waals surface area contributed by atoms with E-state index in [-0.39, 0.29) is 17.5 Å². The average Bonchev–Trinajstić information content (AvgIpc) is 3.17. The highest BCUT2D eigenvalue weighted by atomic mass is 19.2. The molecule has 3 aromatic rings. The molecule has 3 heterocycles. The minimum absolute atomic E-state index is 0.0488. The van der Waals surface area contributed by atoms with Gasteiger partial charge in [0.1, 0.15) is 17.5 Å². The van der Waals surface area contributed by atoms with E-state index in [1.54, 1.807) is 26.1 Å². The van der Waals surface area contributed by atoms with E-state index >= 15 is 0 Å². The number of carbonyl (C=O) groups is 1. The minimum Gasteiger partial charge on any atom is -0.363 e. The number of benzene rings is 1. The molecule has 0 bridgehead atoms.